The molecular weight excluding hydrogens is 350 g/mol. The Balaban J connectivity index is 1.67. The minimum atomic E-state index is -0.0306. The number of hydrogen-bond acceptors (Lipinski definition) is 3. The van der Waals surface area contributed by atoms with Gasteiger partial charge in [-0.2, -0.15) is 0 Å². The topological polar surface area (TPSA) is 61.4 Å². The highest BCUT2D eigenvalue weighted by Gasteiger charge is 2.14. The maximum atomic E-state index is 12.2. The second-order valence-electron chi connectivity index (χ2n) is 7.89. The van der Waals surface area contributed by atoms with Gasteiger partial charge < -0.3 is 15.5 Å². The van der Waals surface area contributed by atoms with Crippen molar-refractivity contribution in [2.45, 2.75) is 71.6 Å². The van der Waals surface area contributed by atoms with Gasteiger partial charge >= 0.3 is 0 Å². The zero-order valence-corrected chi connectivity index (χ0v) is 17.6. The fourth-order valence-corrected chi connectivity index (χ4v) is 3.83. The lowest BCUT2D eigenvalue weighted by Gasteiger charge is -2.21. The van der Waals surface area contributed by atoms with Gasteiger partial charge in [0.05, 0.1) is 0 Å². The lowest BCUT2D eigenvalue weighted by molar-refractivity contribution is -0.131. The minimum Gasteiger partial charge on any atom is -0.385 e. The third-order valence-corrected chi connectivity index (χ3v) is 5.37. The third kappa shape index (κ3) is 7.91. The van der Waals surface area contributed by atoms with Crippen LogP contribution in [-0.2, 0) is 9.59 Å². The van der Waals surface area contributed by atoms with E-state index < -0.39 is 0 Å². The van der Waals surface area contributed by atoms with E-state index in [0.717, 1.165) is 49.8 Å². The van der Waals surface area contributed by atoms with Gasteiger partial charge in [-0.15, -0.1) is 0 Å². The molecule has 2 N–H and O–H groups in total. The standard InChI is InChI=1S/C23H37N3O2/c1-3-16-26(17-4-2)23(28)11-7-10-22(27)25-21-14-12-20(13-15-21)24-18-19-8-5-6-9-19/h12-15,19,24H,3-11,16-18H2,1-2H3,(H,25,27). The number of benzene rings is 1. The summed E-state index contributed by atoms with van der Waals surface area (Å²) in [7, 11) is 0. The Hall–Kier alpha value is -2.04. The molecule has 5 heteroatoms. The Bertz CT molecular complexity index is 588. The molecule has 2 amide bonds. The number of carbonyl (C=O) groups excluding carboxylic acids is 2. The van der Waals surface area contributed by atoms with Crippen molar-refractivity contribution in [1.82, 2.24) is 4.90 Å². The van der Waals surface area contributed by atoms with E-state index >= 15 is 0 Å². The summed E-state index contributed by atoms with van der Waals surface area (Å²) in [5.74, 6) is 0.929. The summed E-state index contributed by atoms with van der Waals surface area (Å²) >= 11 is 0. The molecule has 0 radical (unpaired) electrons. The number of rotatable bonds is 12. The van der Waals surface area contributed by atoms with Crippen LogP contribution in [-0.4, -0.2) is 36.3 Å². The Labute approximate surface area is 170 Å². The zero-order valence-electron chi connectivity index (χ0n) is 17.6. The van der Waals surface area contributed by atoms with Crippen molar-refractivity contribution in [3.8, 4) is 0 Å². The molecule has 0 aliphatic heterocycles. The first-order valence-corrected chi connectivity index (χ1v) is 11.0. The van der Waals surface area contributed by atoms with E-state index in [0.29, 0.717) is 19.3 Å². The summed E-state index contributed by atoms with van der Waals surface area (Å²) in [5, 5.41) is 6.42. The molecule has 1 aromatic carbocycles. The molecule has 1 saturated carbocycles. The van der Waals surface area contributed by atoms with E-state index in [4.69, 9.17) is 0 Å². The summed E-state index contributed by atoms with van der Waals surface area (Å²) < 4.78 is 0. The molecule has 0 atom stereocenters. The lowest BCUT2D eigenvalue weighted by Crippen LogP contribution is -2.32. The van der Waals surface area contributed by atoms with Crippen LogP contribution in [0.15, 0.2) is 24.3 Å². The van der Waals surface area contributed by atoms with Crippen molar-refractivity contribution in [3.05, 3.63) is 24.3 Å². The van der Waals surface area contributed by atoms with Gasteiger partial charge in [-0.1, -0.05) is 26.7 Å². The molecule has 0 spiro atoms. The number of hydrogen-bond donors (Lipinski definition) is 2. The highest BCUT2D eigenvalue weighted by molar-refractivity contribution is 5.91. The molecule has 0 unspecified atom stereocenters. The SMILES string of the molecule is CCCN(CCC)C(=O)CCCC(=O)Nc1ccc(NCC2CCCC2)cc1. The van der Waals surface area contributed by atoms with Crippen molar-refractivity contribution >= 4 is 23.2 Å². The van der Waals surface area contributed by atoms with E-state index in [-0.39, 0.29) is 11.8 Å². The molecule has 1 aromatic rings. The van der Waals surface area contributed by atoms with E-state index in [9.17, 15) is 9.59 Å². The van der Waals surface area contributed by atoms with Crippen molar-refractivity contribution < 1.29 is 9.59 Å². The first-order chi connectivity index (χ1) is 13.6. The normalized spacial score (nSPS) is 14.1. The maximum Gasteiger partial charge on any atom is 0.224 e. The quantitative estimate of drug-likeness (QED) is 0.528. The average molecular weight is 388 g/mol. The van der Waals surface area contributed by atoms with Crippen LogP contribution in [0.5, 0.6) is 0 Å². The van der Waals surface area contributed by atoms with Crippen LogP contribution in [0.1, 0.15) is 71.6 Å². The van der Waals surface area contributed by atoms with Gasteiger partial charge in [0.1, 0.15) is 0 Å². The van der Waals surface area contributed by atoms with Crippen molar-refractivity contribution in [2.75, 3.05) is 30.3 Å². The van der Waals surface area contributed by atoms with Crippen LogP contribution >= 0.6 is 0 Å². The maximum absolute atomic E-state index is 12.2. The molecule has 1 aliphatic rings. The van der Waals surface area contributed by atoms with E-state index in [1.165, 1.54) is 25.7 Å². The van der Waals surface area contributed by atoms with Gasteiger partial charge in [-0.3, -0.25) is 9.59 Å². The lowest BCUT2D eigenvalue weighted by atomic mass is 10.1. The van der Waals surface area contributed by atoms with E-state index in [1.54, 1.807) is 0 Å². The zero-order chi connectivity index (χ0) is 20.2. The first kappa shape index (κ1) is 22.3. The van der Waals surface area contributed by atoms with Crippen molar-refractivity contribution in [1.29, 1.82) is 0 Å². The summed E-state index contributed by atoms with van der Waals surface area (Å²) in [4.78, 5) is 26.3. The van der Waals surface area contributed by atoms with Gasteiger partial charge in [-0.05, 0) is 62.3 Å². The van der Waals surface area contributed by atoms with Crippen LogP contribution in [0.2, 0.25) is 0 Å². The average Bonchev–Trinajstić information content (AvgIpc) is 3.21. The number of anilines is 2. The Morgan fingerprint density at radius 2 is 1.57 bits per heavy atom. The molecule has 0 heterocycles. The molecule has 28 heavy (non-hydrogen) atoms. The molecule has 5 nitrogen and oxygen atoms in total. The molecule has 0 aromatic heterocycles. The number of nitrogens with zero attached hydrogens (tertiary/aromatic N) is 1. The van der Waals surface area contributed by atoms with Crippen LogP contribution in [0.25, 0.3) is 0 Å². The second kappa shape index (κ2) is 12.4. The summed E-state index contributed by atoms with van der Waals surface area (Å²) in [6.07, 6.45) is 8.73. The number of nitrogens with one attached hydrogen (secondary N) is 2. The van der Waals surface area contributed by atoms with E-state index in [1.807, 2.05) is 29.2 Å². The Morgan fingerprint density at radius 1 is 0.964 bits per heavy atom. The fraction of sp³-hybridized carbons (Fsp3) is 0.652. The Morgan fingerprint density at radius 3 is 2.18 bits per heavy atom. The largest absolute Gasteiger partial charge is 0.385 e. The van der Waals surface area contributed by atoms with Crippen LogP contribution in [0, 0.1) is 5.92 Å². The van der Waals surface area contributed by atoms with Gasteiger partial charge in [0, 0.05) is 43.9 Å². The molecule has 0 bridgehead atoms. The van der Waals surface area contributed by atoms with Crippen LogP contribution in [0.4, 0.5) is 11.4 Å². The molecule has 1 fully saturated rings. The van der Waals surface area contributed by atoms with Crippen molar-refractivity contribution in [3.63, 3.8) is 0 Å². The number of amides is 2. The molecule has 2 rings (SSSR count). The summed E-state index contributed by atoms with van der Waals surface area (Å²) in [6, 6.07) is 7.90. The summed E-state index contributed by atoms with van der Waals surface area (Å²) in [6.45, 7) is 6.81. The first-order valence-electron chi connectivity index (χ1n) is 11.0. The van der Waals surface area contributed by atoms with Crippen molar-refractivity contribution in [2.24, 2.45) is 5.92 Å². The molecule has 1 aliphatic carbocycles. The van der Waals surface area contributed by atoms with Crippen LogP contribution in [0.3, 0.4) is 0 Å². The highest BCUT2D eigenvalue weighted by Crippen LogP contribution is 2.25. The van der Waals surface area contributed by atoms with Gasteiger partial charge in [-0.25, -0.2) is 0 Å². The van der Waals surface area contributed by atoms with Gasteiger partial charge in [0.25, 0.3) is 0 Å². The molecule has 156 valence electrons. The predicted molar refractivity (Wildman–Crippen MR) is 117 cm³/mol. The minimum absolute atomic E-state index is 0.0306. The predicted octanol–water partition coefficient (Wildman–Crippen LogP) is 5.05. The van der Waals surface area contributed by atoms with Gasteiger partial charge in [0.2, 0.25) is 11.8 Å². The number of carbonyl (C=O) groups is 2. The second-order valence-corrected chi connectivity index (χ2v) is 7.89. The monoisotopic (exact) mass is 387 g/mol. The Kier molecular flexibility index (Phi) is 9.87. The van der Waals surface area contributed by atoms with E-state index in [2.05, 4.69) is 24.5 Å². The summed E-state index contributed by atoms with van der Waals surface area (Å²) in [5.41, 5.74) is 1.91. The third-order valence-electron chi connectivity index (χ3n) is 5.37. The fourth-order valence-electron chi connectivity index (χ4n) is 3.83. The molecular formula is C23H37N3O2. The molecule has 0 saturated heterocycles. The highest BCUT2D eigenvalue weighted by atomic mass is 16.2. The van der Waals surface area contributed by atoms with Gasteiger partial charge in [0.15, 0.2) is 0 Å². The smallest absolute Gasteiger partial charge is 0.224 e. The van der Waals surface area contributed by atoms with Crippen LogP contribution < -0.4 is 10.6 Å².